The number of hydrogen-bond donors (Lipinski definition) is 1. The van der Waals surface area contributed by atoms with Crippen LogP contribution in [0.3, 0.4) is 0 Å². The fourth-order valence-electron chi connectivity index (χ4n) is 4.51. The fourth-order valence-corrected chi connectivity index (χ4v) is 6.67. The maximum Gasteiger partial charge on any atom is 0.254 e. The highest BCUT2D eigenvalue weighted by Gasteiger charge is 2.30. The van der Waals surface area contributed by atoms with Gasteiger partial charge in [-0.15, -0.1) is 0 Å². The van der Waals surface area contributed by atoms with E-state index in [2.05, 4.69) is 0 Å². The van der Waals surface area contributed by atoms with Crippen LogP contribution < -0.4 is 0 Å². The zero-order chi connectivity index (χ0) is 31.3. The largest absolute Gasteiger partial charge is 0.505 e. The van der Waals surface area contributed by atoms with E-state index < -0.39 is 26.5 Å². The molecule has 0 radical (unpaired) electrons. The number of aromatic hydroxyl groups is 1. The van der Waals surface area contributed by atoms with Crippen LogP contribution in [0.5, 0.6) is 5.75 Å². The van der Waals surface area contributed by atoms with Crippen LogP contribution in [-0.2, 0) is 29.7 Å². The van der Waals surface area contributed by atoms with Gasteiger partial charge in [-0.3, -0.25) is 4.79 Å². The molecular weight excluding hydrogens is 617 g/mol. The Morgan fingerprint density at radius 2 is 1.26 bits per heavy atom. The van der Waals surface area contributed by atoms with Gasteiger partial charge in [-0.2, -0.15) is 4.31 Å². The number of carbonyl (C=O) groups excluding carboxylic acids is 1. The van der Waals surface area contributed by atoms with Crippen molar-refractivity contribution < 1.29 is 27.1 Å². The Morgan fingerprint density at radius 1 is 0.791 bits per heavy atom. The van der Waals surface area contributed by atoms with Crippen molar-refractivity contribution in [3.05, 3.63) is 129 Å². The van der Waals surface area contributed by atoms with Gasteiger partial charge >= 0.3 is 0 Å². The van der Waals surface area contributed by atoms with E-state index >= 15 is 0 Å². The molecule has 0 aliphatic carbocycles. The van der Waals surface area contributed by atoms with E-state index in [1.54, 1.807) is 41.3 Å². The van der Waals surface area contributed by atoms with Gasteiger partial charge in [-0.1, -0.05) is 73.4 Å². The summed E-state index contributed by atoms with van der Waals surface area (Å²) < 4.78 is 55.6. The normalized spacial score (nSPS) is 11.7. The quantitative estimate of drug-likeness (QED) is 0.181. The summed E-state index contributed by atoms with van der Waals surface area (Å²) in [5.74, 6) is -1.50. The molecule has 0 saturated heterocycles. The third-order valence-corrected chi connectivity index (χ3v) is 8.91. The van der Waals surface area contributed by atoms with Gasteiger partial charge in [0.1, 0.15) is 16.5 Å². The minimum atomic E-state index is -4.36. The lowest BCUT2D eigenvalue weighted by atomic mass is 10.1. The molecule has 0 spiro atoms. The number of nitrogens with zero attached hydrogens (tertiary/aromatic N) is 2. The molecule has 4 aromatic rings. The maximum absolute atomic E-state index is 13.8. The van der Waals surface area contributed by atoms with Gasteiger partial charge in [-0.05, 0) is 71.1 Å². The average Bonchev–Trinajstić information content (AvgIpc) is 2.96. The van der Waals surface area contributed by atoms with Gasteiger partial charge < -0.3 is 10.0 Å². The van der Waals surface area contributed by atoms with Gasteiger partial charge in [0, 0.05) is 36.8 Å². The Bertz CT molecular complexity index is 1680. The van der Waals surface area contributed by atoms with Crippen LogP contribution in [0.1, 0.15) is 40.9 Å². The summed E-state index contributed by atoms with van der Waals surface area (Å²) in [7, 11) is -4.36. The molecule has 1 N–H and O–H groups in total. The Labute approximate surface area is 260 Å². The molecule has 0 atom stereocenters. The molecule has 4 rings (SSSR count). The monoisotopic (exact) mass is 646 g/mol. The van der Waals surface area contributed by atoms with E-state index in [1.807, 2.05) is 13.8 Å². The Morgan fingerprint density at radius 3 is 1.74 bits per heavy atom. The molecule has 0 aliphatic rings. The maximum atomic E-state index is 13.8. The number of hydrogen-bond acceptors (Lipinski definition) is 4. The van der Waals surface area contributed by atoms with E-state index in [4.69, 9.17) is 23.2 Å². The van der Waals surface area contributed by atoms with Crippen LogP contribution >= 0.6 is 23.2 Å². The van der Waals surface area contributed by atoms with E-state index in [1.165, 1.54) is 42.5 Å². The standard InChI is InChI=1S/C32H30Cl2F2N2O4S/c1-21(2)17-37(18-22-5-11-27(35)12-6-22)32(40)25-9-3-23(4-10-25)19-38(20-24-7-13-28(36)14-8-24)43(41,42)30-16-26(33)15-29(34)31(30)39/h3-16,21,39H,17-20H2,1-2H3. The van der Waals surface area contributed by atoms with Crippen LogP contribution in [0.25, 0.3) is 0 Å². The highest BCUT2D eigenvalue weighted by atomic mass is 35.5. The first-order valence-electron chi connectivity index (χ1n) is 13.4. The number of amides is 1. The van der Waals surface area contributed by atoms with Crippen LogP contribution in [0.15, 0.2) is 89.8 Å². The van der Waals surface area contributed by atoms with Gasteiger partial charge in [0.15, 0.2) is 5.75 Å². The van der Waals surface area contributed by atoms with Crippen molar-refractivity contribution in [3.8, 4) is 5.75 Å². The molecule has 0 fully saturated rings. The first-order valence-corrected chi connectivity index (χ1v) is 15.6. The first kappa shape index (κ1) is 32.4. The van der Waals surface area contributed by atoms with Gasteiger partial charge in [0.25, 0.3) is 5.91 Å². The van der Waals surface area contributed by atoms with Crippen molar-refractivity contribution in [1.82, 2.24) is 9.21 Å². The number of rotatable bonds is 11. The highest BCUT2D eigenvalue weighted by Crippen LogP contribution is 2.36. The third kappa shape index (κ3) is 8.32. The van der Waals surface area contributed by atoms with Crippen molar-refractivity contribution >= 4 is 39.1 Å². The molecule has 0 aliphatic heterocycles. The molecule has 0 unspecified atom stereocenters. The van der Waals surface area contributed by atoms with Crippen molar-refractivity contribution in [2.24, 2.45) is 5.92 Å². The molecule has 11 heteroatoms. The van der Waals surface area contributed by atoms with Gasteiger partial charge in [-0.25, -0.2) is 17.2 Å². The molecule has 4 aromatic carbocycles. The van der Waals surface area contributed by atoms with Crippen molar-refractivity contribution in [3.63, 3.8) is 0 Å². The average molecular weight is 648 g/mol. The van der Waals surface area contributed by atoms with E-state index in [0.29, 0.717) is 29.8 Å². The lowest BCUT2D eigenvalue weighted by molar-refractivity contribution is 0.0722. The van der Waals surface area contributed by atoms with E-state index in [9.17, 15) is 27.1 Å². The van der Waals surface area contributed by atoms with Gasteiger partial charge in [0.2, 0.25) is 10.0 Å². The number of phenolic OH excluding ortho intramolecular Hbond substituents is 1. The number of sulfonamides is 1. The molecule has 0 heterocycles. The predicted octanol–water partition coefficient (Wildman–Crippen LogP) is 7.67. The second-order valence-electron chi connectivity index (χ2n) is 10.5. The zero-order valence-corrected chi connectivity index (χ0v) is 25.8. The number of carbonyl (C=O) groups is 1. The van der Waals surface area contributed by atoms with Crippen molar-refractivity contribution in [1.29, 1.82) is 0 Å². The minimum absolute atomic E-state index is 0.0255. The summed E-state index contributed by atoms with van der Waals surface area (Å²) in [6.45, 7) is 4.49. The summed E-state index contributed by atoms with van der Waals surface area (Å²) >= 11 is 12.1. The predicted molar refractivity (Wildman–Crippen MR) is 163 cm³/mol. The first-order chi connectivity index (χ1) is 20.3. The summed E-state index contributed by atoms with van der Waals surface area (Å²) in [5.41, 5.74) is 2.26. The molecule has 43 heavy (non-hydrogen) atoms. The summed E-state index contributed by atoms with van der Waals surface area (Å²) in [6.07, 6.45) is 0. The van der Waals surface area contributed by atoms with Crippen molar-refractivity contribution in [2.45, 2.75) is 38.4 Å². The SMILES string of the molecule is CC(C)CN(Cc1ccc(F)cc1)C(=O)c1ccc(CN(Cc2ccc(F)cc2)S(=O)(=O)c2cc(Cl)cc(Cl)c2O)cc1. The molecule has 226 valence electrons. The summed E-state index contributed by atoms with van der Waals surface area (Å²) in [6, 6.07) is 20.2. The second-order valence-corrected chi connectivity index (χ2v) is 13.3. The molecule has 6 nitrogen and oxygen atoms in total. The molecule has 0 bridgehead atoms. The molecular formula is C32H30Cl2F2N2O4S. The third-order valence-electron chi connectivity index (χ3n) is 6.60. The fraction of sp³-hybridized carbons (Fsp3) is 0.219. The highest BCUT2D eigenvalue weighted by molar-refractivity contribution is 7.89. The Hall–Kier alpha value is -3.50. The van der Waals surface area contributed by atoms with Crippen LogP contribution in [0, 0.1) is 17.6 Å². The number of halogens is 4. The lowest BCUT2D eigenvalue weighted by Gasteiger charge is -2.25. The van der Waals surface area contributed by atoms with Crippen molar-refractivity contribution in [2.75, 3.05) is 6.54 Å². The van der Waals surface area contributed by atoms with E-state index in [-0.39, 0.29) is 40.8 Å². The molecule has 0 aromatic heterocycles. The lowest BCUT2D eigenvalue weighted by Crippen LogP contribution is -2.34. The summed E-state index contributed by atoms with van der Waals surface area (Å²) in [4.78, 5) is 14.7. The zero-order valence-electron chi connectivity index (χ0n) is 23.5. The van der Waals surface area contributed by atoms with Crippen LogP contribution in [0.4, 0.5) is 8.78 Å². The smallest absolute Gasteiger partial charge is 0.254 e. The van der Waals surface area contributed by atoms with Gasteiger partial charge in [0.05, 0.1) is 5.02 Å². The molecule has 1 amide bonds. The van der Waals surface area contributed by atoms with Crippen LogP contribution in [0.2, 0.25) is 10.0 Å². The molecule has 0 saturated carbocycles. The van der Waals surface area contributed by atoms with E-state index in [0.717, 1.165) is 15.9 Å². The second kappa shape index (κ2) is 13.9. The Balaban J connectivity index is 1.62. The number of phenols is 1. The number of benzene rings is 4. The Kier molecular flexibility index (Phi) is 10.4. The summed E-state index contributed by atoms with van der Waals surface area (Å²) in [5, 5.41) is 10.3. The minimum Gasteiger partial charge on any atom is -0.505 e. The van der Waals surface area contributed by atoms with Crippen LogP contribution in [-0.4, -0.2) is 35.2 Å². The topological polar surface area (TPSA) is 77.9 Å².